The molecule has 0 aromatic carbocycles. The zero-order valence-corrected chi connectivity index (χ0v) is 7.68. The van der Waals surface area contributed by atoms with Gasteiger partial charge in [-0.25, -0.2) is 14.6 Å². The van der Waals surface area contributed by atoms with Crippen molar-refractivity contribution in [3.63, 3.8) is 0 Å². The van der Waals surface area contributed by atoms with Crippen LogP contribution in [-0.2, 0) is 6.54 Å². The van der Waals surface area contributed by atoms with Gasteiger partial charge in [0.05, 0.1) is 12.7 Å². The van der Waals surface area contributed by atoms with Crippen LogP contribution < -0.4 is 5.73 Å². The molecule has 2 heterocycles. The largest absolute Gasteiger partial charge is 0.383 e. The number of hydrogen-bond donors (Lipinski definition) is 1. The molecule has 0 saturated heterocycles. The predicted octanol–water partition coefficient (Wildman–Crippen LogP) is -0.193. The maximum absolute atomic E-state index is 5.72. The Bertz CT molecular complexity index is 421. The molecule has 14 heavy (non-hydrogen) atoms. The topological polar surface area (TPSA) is 82.5 Å². The lowest BCUT2D eigenvalue weighted by molar-refractivity contribution is 0.647. The molecule has 6 heteroatoms. The maximum atomic E-state index is 5.72. The summed E-state index contributed by atoms with van der Waals surface area (Å²) < 4.78 is 1.62. The lowest BCUT2D eigenvalue weighted by Gasteiger charge is -2.03. The van der Waals surface area contributed by atoms with Crippen LogP contribution in [0.4, 0.5) is 5.82 Å². The summed E-state index contributed by atoms with van der Waals surface area (Å²) in [6.07, 6.45) is 5.93. The van der Waals surface area contributed by atoms with Gasteiger partial charge in [0.2, 0.25) is 0 Å². The van der Waals surface area contributed by atoms with Crippen LogP contribution in [0.3, 0.4) is 0 Å². The summed E-state index contributed by atoms with van der Waals surface area (Å²) in [5.41, 5.74) is 6.54. The van der Waals surface area contributed by atoms with Crippen molar-refractivity contribution in [3.05, 3.63) is 30.0 Å². The molecule has 1 radical (unpaired) electrons. The molecule has 6 nitrogen and oxygen atoms in total. The first-order valence-electron chi connectivity index (χ1n) is 4.10. The molecule has 2 rings (SSSR count). The maximum Gasteiger partial charge on any atom is 0.134 e. The van der Waals surface area contributed by atoms with Crippen LogP contribution in [0.5, 0.6) is 0 Å². The van der Waals surface area contributed by atoms with Crippen LogP contribution in [-0.4, -0.2) is 25.0 Å². The minimum absolute atomic E-state index is 0.480. The second-order valence-electron chi connectivity index (χ2n) is 2.87. The molecular weight excluding hydrogens is 180 g/mol. The standard InChI is InChI=1S/C8H9N6/c1-6-10-4-7(8(9)12-6)5-14-3-2-11-13-14/h3-4H,5H2,1H3,(H2,9,10,12). The molecule has 2 aromatic heterocycles. The van der Waals surface area contributed by atoms with E-state index in [0.717, 1.165) is 5.56 Å². The molecule has 2 N–H and O–H groups in total. The third-order valence-electron chi connectivity index (χ3n) is 1.77. The number of rotatable bonds is 2. The SMILES string of the molecule is Cc1ncc(Cn2c[c]nn2)c(N)n1. The average Bonchev–Trinajstić information content (AvgIpc) is 2.62. The van der Waals surface area contributed by atoms with Gasteiger partial charge >= 0.3 is 0 Å². The van der Waals surface area contributed by atoms with Crippen LogP contribution in [0, 0.1) is 13.1 Å². The van der Waals surface area contributed by atoms with E-state index in [0.29, 0.717) is 18.2 Å². The number of nitrogens with zero attached hydrogens (tertiary/aromatic N) is 5. The fourth-order valence-electron chi connectivity index (χ4n) is 1.09. The van der Waals surface area contributed by atoms with Gasteiger partial charge < -0.3 is 5.73 Å². The Hall–Kier alpha value is -1.98. The Morgan fingerprint density at radius 1 is 1.57 bits per heavy atom. The van der Waals surface area contributed by atoms with Gasteiger partial charge in [0.1, 0.15) is 17.8 Å². The van der Waals surface area contributed by atoms with Gasteiger partial charge in [-0.3, -0.25) is 0 Å². The lowest BCUT2D eigenvalue weighted by atomic mass is 10.3. The van der Waals surface area contributed by atoms with E-state index < -0.39 is 0 Å². The van der Waals surface area contributed by atoms with E-state index >= 15 is 0 Å². The molecule has 0 saturated carbocycles. The summed E-state index contributed by atoms with van der Waals surface area (Å²) in [5, 5.41) is 7.35. The zero-order valence-electron chi connectivity index (χ0n) is 7.68. The predicted molar refractivity (Wildman–Crippen MR) is 49.1 cm³/mol. The second kappa shape index (κ2) is 3.41. The number of nitrogen functional groups attached to an aromatic ring is 1. The second-order valence-corrected chi connectivity index (χ2v) is 2.87. The van der Waals surface area contributed by atoms with Gasteiger partial charge in [0.15, 0.2) is 0 Å². The lowest BCUT2D eigenvalue weighted by Crippen LogP contribution is -2.07. The molecule has 0 aliphatic carbocycles. The van der Waals surface area contributed by atoms with E-state index in [9.17, 15) is 0 Å². The first kappa shape index (κ1) is 8.61. The Kier molecular flexibility index (Phi) is 2.10. The summed E-state index contributed by atoms with van der Waals surface area (Å²) >= 11 is 0. The van der Waals surface area contributed by atoms with Crippen molar-refractivity contribution < 1.29 is 0 Å². The van der Waals surface area contributed by atoms with Crippen LogP contribution in [0.1, 0.15) is 11.4 Å². The number of anilines is 1. The summed E-state index contributed by atoms with van der Waals surface area (Å²) in [6, 6.07) is 0. The molecule has 71 valence electrons. The minimum Gasteiger partial charge on any atom is -0.383 e. The number of nitrogens with two attached hydrogens (primary N) is 1. The molecule has 0 aliphatic heterocycles. The Morgan fingerprint density at radius 3 is 3.07 bits per heavy atom. The number of hydrogen-bond acceptors (Lipinski definition) is 5. The van der Waals surface area contributed by atoms with E-state index in [-0.39, 0.29) is 0 Å². The van der Waals surface area contributed by atoms with Crippen LogP contribution in [0.25, 0.3) is 0 Å². The molecular formula is C8H9N6. The zero-order chi connectivity index (χ0) is 9.97. The Balaban J connectivity index is 2.25. The molecule has 0 aliphatic rings. The first-order valence-corrected chi connectivity index (χ1v) is 4.10. The molecule has 0 amide bonds. The van der Waals surface area contributed by atoms with E-state index in [1.165, 1.54) is 0 Å². The van der Waals surface area contributed by atoms with Crippen LogP contribution in [0.15, 0.2) is 12.4 Å². The van der Waals surface area contributed by atoms with E-state index in [4.69, 9.17) is 5.73 Å². The van der Waals surface area contributed by atoms with E-state index in [1.54, 1.807) is 24.0 Å². The van der Waals surface area contributed by atoms with Crippen molar-refractivity contribution in [3.8, 4) is 0 Å². The third-order valence-corrected chi connectivity index (χ3v) is 1.77. The van der Waals surface area contributed by atoms with Crippen LogP contribution in [0.2, 0.25) is 0 Å². The molecule has 0 atom stereocenters. The van der Waals surface area contributed by atoms with Gasteiger partial charge in [-0.05, 0) is 6.92 Å². The van der Waals surface area contributed by atoms with E-state index in [1.807, 2.05) is 0 Å². The number of aromatic nitrogens is 5. The van der Waals surface area contributed by atoms with Gasteiger partial charge in [0, 0.05) is 11.8 Å². The monoisotopic (exact) mass is 189 g/mol. The highest BCUT2D eigenvalue weighted by Crippen LogP contribution is 2.07. The fourth-order valence-corrected chi connectivity index (χ4v) is 1.09. The molecule has 2 aromatic rings. The van der Waals surface area contributed by atoms with Gasteiger partial charge in [0.25, 0.3) is 0 Å². The van der Waals surface area contributed by atoms with Gasteiger partial charge in [-0.15, -0.1) is 5.10 Å². The Labute approximate surface area is 80.8 Å². The van der Waals surface area contributed by atoms with Crippen molar-refractivity contribution in [2.24, 2.45) is 0 Å². The summed E-state index contributed by atoms with van der Waals surface area (Å²) in [4.78, 5) is 8.11. The number of aryl methyl sites for hydroxylation is 1. The highest BCUT2D eigenvalue weighted by molar-refractivity contribution is 5.37. The smallest absolute Gasteiger partial charge is 0.134 e. The van der Waals surface area contributed by atoms with E-state index in [2.05, 4.69) is 26.5 Å². The third kappa shape index (κ3) is 1.68. The molecule has 0 spiro atoms. The molecule has 0 bridgehead atoms. The van der Waals surface area contributed by atoms with Crippen molar-refractivity contribution in [2.45, 2.75) is 13.5 Å². The highest BCUT2D eigenvalue weighted by atomic mass is 15.4. The Morgan fingerprint density at radius 2 is 2.43 bits per heavy atom. The molecule has 0 unspecified atom stereocenters. The summed E-state index contributed by atoms with van der Waals surface area (Å²) in [6.45, 7) is 2.31. The minimum atomic E-state index is 0.480. The fraction of sp³-hybridized carbons (Fsp3) is 0.250. The van der Waals surface area contributed by atoms with Crippen molar-refractivity contribution in [2.75, 3.05) is 5.73 Å². The normalized spacial score (nSPS) is 10.4. The van der Waals surface area contributed by atoms with Gasteiger partial charge in [-0.1, -0.05) is 5.21 Å². The van der Waals surface area contributed by atoms with Crippen molar-refractivity contribution >= 4 is 5.82 Å². The average molecular weight is 189 g/mol. The van der Waals surface area contributed by atoms with Crippen molar-refractivity contribution in [1.82, 2.24) is 25.0 Å². The molecule has 0 fully saturated rings. The summed E-state index contributed by atoms with van der Waals surface area (Å²) in [5.74, 6) is 1.14. The van der Waals surface area contributed by atoms with Crippen LogP contribution >= 0.6 is 0 Å². The first-order chi connectivity index (χ1) is 6.75. The summed E-state index contributed by atoms with van der Waals surface area (Å²) in [7, 11) is 0. The van der Waals surface area contributed by atoms with Gasteiger partial charge in [-0.2, -0.15) is 0 Å². The quantitative estimate of drug-likeness (QED) is 0.707. The van der Waals surface area contributed by atoms with Crippen molar-refractivity contribution in [1.29, 1.82) is 0 Å². The highest BCUT2D eigenvalue weighted by Gasteiger charge is 2.02.